The molecule has 15 heavy (non-hydrogen) atoms. The molecular weight excluding hydrogens is 237 g/mol. The van der Waals surface area contributed by atoms with Crippen molar-refractivity contribution in [1.29, 1.82) is 0 Å². The standard InChI is InChI=1S/C10H11Cl2NO2/c1-2-3-7(10(14)15)9-8(12)4-6(11)5-13-9/h4-5,7H,2-3H2,1H3,(H,14,15). The summed E-state index contributed by atoms with van der Waals surface area (Å²) >= 11 is 11.6. The van der Waals surface area contributed by atoms with Crippen LogP contribution in [-0.2, 0) is 4.79 Å². The Labute approximate surface area is 98.0 Å². The van der Waals surface area contributed by atoms with E-state index < -0.39 is 11.9 Å². The van der Waals surface area contributed by atoms with Crippen molar-refractivity contribution >= 4 is 29.2 Å². The third-order valence-corrected chi connectivity index (χ3v) is 2.55. The lowest BCUT2D eigenvalue weighted by Gasteiger charge is -2.11. The van der Waals surface area contributed by atoms with Gasteiger partial charge >= 0.3 is 5.97 Å². The van der Waals surface area contributed by atoms with Crippen molar-refractivity contribution in [3.63, 3.8) is 0 Å². The number of carboxylic acids is 1. The molecule has 0 amide bonds. The predicted octanol–water partition coefficient (Wildman–Crippen LogP) is 3.36. The molecule has 0 fully saturated rings. The molecule has 0 aliphatic rings. The van der Waals surface area contributed by atoms with Crippen LogP contribution in [0.15, 0.2) is 12.3 Å². The predicted molar refractivity (Wildman–Crippen MR) is 59.5 cm³/mol. The molecule has 1 atom stereocenters. The molecule has 1 N–H and O–H groups in total. The first kappa shape index (κ1) is 12.3. The van der Waals surface area contributed by atoms with E-state index in [1.54, 1.807) is 0 Å². The lowest BCUT2D eigenvalue weighted by Crippen LogP contribution is -2.13. The number of hydrogen-bond acceptors (Lipinski definition) is 2. The molecule has 1 unspecified atom stereocenters. The van der Waals surface area contributed by atoms with Gasteiger partial charge in [-0.25, -0.2) is 0 Å². The molecule has 0 saturated heterocycles. The van der Waals surface area contributed by atoms with Crippen LogP contribution in [0.3, 0.4) is 0 Å². The van der Waals surface area contributed by atoms with Crippen molar-refractivity contribution in [3.8, 4) is 0 Å². The molecule has 0 bridgehead atoms. The number of nitrogens with zero attached hydrogens (tertiary/aromatic N) is 1. The number of aromatic nitrogens is 1. The molecule has 1 aromatic heterocycles. The van der Waals surface area contributed by atoms with Gasteiger partial charge in [0.25, 0.3) is 0 Å². The number of halogens is 2. The van der Waals surface area contributed by atoms with Crippen LogP contribution in [0.4, 0.5) is 0 Å². The van der Waals surface area contributed by atoms with E-state index >= 15 is 0 Å². The fraction of sp³-hybridized carbons (Fsp3) is 0.400. The number of carboxylic acid groups (broad SMARTS) is 1. The van der Waals surface area contributed by atoms with Gasteiger partial charge in [-0.05, 0) is 12.5 Å². The molecule has 0 spiro atoms. The molecule has 1 aromatic rings. The van der Waals surface area contributed by atoms with Gasteiger partial charge in [0.05, 0.1) is 15.7 Å². The van der Waals surface area contributed by atoms with E-state index in [1.807, 2.05) is 6.92 Å². The zero-order valence-electron chi connectivity index (χ0n) is 8.20. The Balaban J connectivity index is 3.05. The van der Waals surface area contributed by atoms with Crippen LogP contribution in [0.25, 0.3) is 0 Å². The second kappa shape index (κ2) is 5.33. The Kier molecular flexibility index (Phi) is 4.36. The SMILES string of the molecule is CCCC(C(=O)O)c1ncc(Cl)cc1Cl. The highest BCUT2D eigenvalue weighted by molar-refractivity contribution is 6.34. The van der Waals surface area contributed by atoms with Crippen LogP contribution in [0, 0.1) is 0 Å². The molecule has 3 nitrogen and oxygen atoms in total. The first-order valence-corrected chi connectivity index (χ1v) is 5.35. The molecular formula is C10H11Cl2NO2. The van der Waals surface area contributed by atoms with Gasteiger partial charge in [0.2, 0.25) is 0 Å². The summed E-state index contributed by atoms with van der Waals surface area (Å²) in [6, 6.07) is 1.51. The fourth-order valence-corrected chi connectivity index (χ4v) is 1.86. The largest absolute Gasteiger partial charge is 0.481 e. The topological polar surface area (TPSA) is 50.2 Å². The minimum absolute atomic E-state index is 0.309. The zero-order valence-corrected chi connectivity index (χ0v) is 9.72. The number of hydrogen-bond donors (Lipinski definition) is 1. The summed E-state index contributed by atoms with van der Waals surface area (Å²) in [6.45, 7) is 1.92. The van der Waals surface area contributed by atoms with Gasteiger partial charge in [0.15, 0.2) is 0 Å². The molecule has 5 heteroatoms. The van der Waals surface area contributed by atoms with Crippen LogP contribution in [0.1, 0.15) is 31.4 Å². The lowest BCUT2D eigenvalue weighted by molar-refractivity contribution is -0.139. The highest BCUT2D eigenvalue weighted by Crippen LogP contribution is 2.28. The molecule has 0 radical (unpaired) electrons. The first-order chi connectivity index (χ1) is 7.06. The summed E-state index contributed by atoms with van der Waals surface area (Å²) in [4.78, 5) is 15.0. The normalized spacial score (nSPS) is 12.5. The first-order valence-electron chi connectivity index (χ1n) is 4.60. The molecule has 0 aromatic carbocycles. The Hall–Kier alpha value is -0.800. The Morgan fingerprint density at radius 1 is 1.60 bits per heavy atom. The zero-order chi connectivity index (χ0) is 11.4. The van der Waals surface area contributed by atoms with E-state index in [9.17, 15) is 4.79 Å². The van der Waals surface area contributed by atoms with Crippen LogP contribution in [-0.4, -0.2) is 16.1 Å². The van der Waals surface area contributed by atoms with Crippen molar-refractivity contribution in [2.24, 2.45) is 0 Å². The summed E-state index contributed by atoms with van der Waals surface area (Å²) in [5.41, 5.74) is 0.385. The van der Waals surface area contributed by atoms with Gasteiger partial charge in [-0.3, -0.25) is 9.78 Å². The van der Waals surface area contributed by atoms with Crippen molar-refractivity contribution in [2.75, 3.05) is 0 Å². The Bertz CT molecular complexity index is 368. The quantitative estimate of drug-likeness (QED) is 0.888. The Morgan fingerprint density at radius 2 is 2.27 bits per heavy atom. The Morgan fingerprint density at radius 3 is 2.73 bits per heavy atom. The van der Waals surface area contributed by atoms with Gasteiger partial charge in [-0.1, -0.05) is 36.5 Å². The van der Waals surface area contributed by atoms with Crippen LogP contribution >= 0.6 is 23.2 Å². The molecule has 0 aliphatic heterocycles. The van der Waals surface area contributed by atoms with Gasteiger partial charge < -0.3 is 5.11 Å². The summed E-state index contributed by atoms with van der Waals surface area (Å²) in [5.74, 6) is -1.56. The monoisotopic (exact) mass is 247 g/mol. The van der Waals surface area contributed by atoms with Crippen molar-refractivity contribution in [2.45, 2.75) is 25.7 Å². The van der Waals surface area contributed by atoms with Crippen molar-refractivity contribution in [3.05, 3.63) is 28.0 Å². The maximum absolute atomic E-state index is 11.0. The minimum Gasteiger partial charge on any atom is -0.481 e. The van der Waals surface area contributed by atoms with E-state index in [2.05, 4.69) is 4.98 Å². The number of rotatable bonds is 4. The van der Waals surface area contributed by atoms with E-state index in [0.29, 0.717) is 22.2 Å². The number of aliphatic carboxylic acids is 1. The highest BCUT2D eigenvalue weighted by Gasteiger charge is 2.22. The molecule has 82 valence electrons. The van der Waals surface area contributed by atoms with Gasteiger partial charge in [-0.15, -0.1) is 0 Å². The van der Waals surface area contributed by atoms with Crippen molar-refractivity contribution in [1.82, 2.24) is 4.98 Å². The summed E-state index contributed by atoms with van der Waals surface area (Å²) in [5, 5.41) is 9.74. The minimum atomic E-state index is -0.909. The van der Waals surface area contributed by atoms with Gasteiger partial charge in [0, 0.05) is 6.20 Å². The van der Waals surface area contributed by atoms with Crippen LogP contribution < -0.4 is 0 Å². The second-order valence-corrected chi connectivity index (χ2v) is 4.04. The van der Waals surface area contributed by atoms with E-state index in [4.69, 9.17) is 28.3 Å². The number of pyridine rings is 1. The average Bonchev–Trinajstić information content (AvgIpc) is 2.15. The van der Waals surface area contributed by atoms with Crippen LogP contribution in [0.5, 0.6) is 0 Å². The van der Waals surface area contributed by atoms with Gasteiger partial charge in [-0.2, -0.15) is 0 Å². The van der Waals surface area contributed by atoms with Gasteiger partial charge in [0.1, 0.15) is 5.92 Å². The third kappa shape index (κ3) is 3.08. The van der Waals surface area contributed by atoms with Crippen molar-refractivity contribution < 1.29 is 9.90 Å². The summed E-state index contributed by atoms with van der Waals surface area (Å²) < 4.78 is 0. The van der Waals surface area contributed by atoms with E-state index in [0.717, 1.165) is 6.42 Å². The molecule has 1 rings (SSSR count). The fourth-order valence-electron chi connectivity index (χ4n) is 1.35. The third-order valence-electron chi connectivity index (χ3n) is 2.04. The highest BCUT2D eigenvalue weighted by atomic mass is 35.5. The van der Waals surface area contributed by atoms with Crippen LogP contribution in [0.2, 0.25) is 10.0 Å². The van der Waals surface area contributed by atoms with E-state index in [-0.39, 0.29) is 0 Å². The summed E-state index contributed by atoms with van der Waals surface area (Å²) in [7, 11) is 0. The lowest BCUT2D eigenvalue weighted by atomic mass is 9.99. The smallest absolute Gasteiger partial charge is 0.312 e. The summed E-state index contributed by atoms with van der Waals surface area (Å²) in [6.07, 6.45) is 2.69. The molecule has 1 heterocycles. The maximum atomic E-state index is 11.0. The molecule has 0 saturated carbocycles. The van der Waals surface area contributed by atoms with E-state index in [1.165, 1.54) is 12.3 Å². The number of carbonyl (C=O) groups is 1. The maximum Gasteiger partial charge on any atom is 0.312 e. The average molecular weight is 248 g/mol. The molecule has 0 aliphatic carbocycles. The second-order valence-electron chi connectivity index (χ2n) is 3.20.